The summed E-state index contributed by atoms with van der Waals surface area (Å²) in [6.07, 6.45) is 5.01. The van der Waals surface area contributed by atoms with Gasteiger partial charge in [-0.3, -0.25) is 0 Å². The van der Waals surface area contributed by atoms with Gasteiger partial charge in [-0.1, -0.05) is 18.2 Å². The largest absolute Gasteiger partial charge is 0.456 e. The van der Waals surface area contributed by atoms with Crippen molar-refractivity contribution in [3.8, 4) is 23.0 Å². The maximum Gasteiger partial charge on any atom is 0.336 e. The van der Waals surface area contributed by atoms with Gasteiger partial charge in [0.1, 0.15) is 11.5 Å². The van der Waals surface area contributed by atoms with E-state index < -0.39 is 17.8 Å². The second-order valence-corrected chi connectivity index (χ2v) is 9.34. The van der Waals surface area contributed by atoms with Gasteiger partial charge in [0.05, 0.1) is 5.56 Å². The van der Waals surface area contributed by atoms with Crippen molar-refractivity contribution in [3.63, 3.8) is 0 Å². The number of benzene rings is 2. The third kappa shape index (κ3) is 4.52. The number of esters is 2. The standard InChI is InChI=1S/C24H22FNO5S/c25-23-18-12-17-22(24(23)31-21(28)8-7-20(27)30-18)19(32-10-9-26-13-14-5-6-14)11-15-3-1-2-4-16(15)29-17/h1-4,7-8,12,14,19,26H,5-6,9-11,13H2/b8-7-. The molecule has 1 aliphatic carbocycles. The molecule has 6 nitrogen and oxygen atoms in total. The molecule has 0 radical (unpaired) electrons. The second-order valence-electron chi connectivity index (χ2n) is 8.03. The van der Waals surface area contributed by atoms with Gasteiger partial charge in [0.15, 0.2) is 11.5 Å². The number of fused-ring (bicyclic) bond motifs is 5. The zero-order valence-corrected chi connectivity index (χ0v) is 18.1. The van der Waals surface area contributed by atoms with Crippen LogP contribution < -0.4 is 19.5 Å². The molecule has 1 saturated carbocycles. The summed E-state index contributed by atoms with van der Waals surface area (Å²) in [5.74, 6) is -0.650. The zero-order chi connectivity index (χ0) is 22.1. The van der Waals surface area contributed by atoms with Gasteiger partial charge in [-0.25, -0.2) is 9.59 Å². The molecule has 1 N–H and O–H groups in total. The molecule has 5 rings (SSSR count). The van der Waals surface area contributed by atoms with E-state index in [1.807, 2.05) is 24.3 Å². The minimum atomic E-state index is -0.888. The van der Waals surface area contributed by atoms with Gasteiger partial charge in [0, 0.05) is 35.8 Å². The van der Waals surface area contributed by atoms with E-state index in [0.29, 0.717) is 23.5 Å². The Kier molecular flexibility index (Phi) is 5.89. The smallest absolute Gasteiger partial charge is 0.336 e. The lowest BCUT2D eigenvalue weighted by Crippen LogP contribution is -2.20. The molecule has 2 aromatic rings. The van der Waals surface area contributed by atoms with E-state index in [-0.39, 0.29) is 16.7 Å². The molecule has 32 heavy (non-hydrogen) atoms. The molecule has 0 spiro atoms. The van der Waals surface area contributed by atoms with Gasteiger partial charge in [-0.15, -0.1) is 0 Å². The summed E-state index contributed by atoms with van der Waals surface area (Å²) in [4.78, 5) is 24.1. The number of hydrogen-bond acceptors (Lipinski definition) is 7. The predicted octanol–water partition coefficient (Wildman–Crippen LogP) is 4.33. The number of nitrogens with one attached hydrogen (secondary N) is 1. The highest BCUT2D eigenvalue weighted by molar-refractivity contribution is 7.99. The van der Waals surface area contributed by atoms with Crippen LogP contribution in [0.25, 0.3) is 0 Å². The number of thioether (sulfide) groups is 1. The van der Waals surface area contributed by atoms with Gasteiger partial charge >= 0.3 is 11.9 Å². The topological polar surface area (TPSA) is 73.9 Å². The van der Waals surface area contributed by atoms with Crippen LogP contribution >= 0.6 is 11.8 Å². The van der Waals surface area contributed by atoms with Crippen LogP contribution in [-0.2, 0) is 16.0 Å². The molecule has 3 aliphatic rings. The summed E-state index contributed by atoms with van der Waals surface area (Å²) in [5, 5.41) is 3.25. The summed E-state index contributed by atoms with van der Waals surface area (Å²) in [7, 11) is 0. The average molecular weight is 456 g/mol. The van der Waals surface area contributed by atoms with Crippen LogP contribution in [0.4, 0.5) is 4.39 Å². The molecule has 1 fully saturated rings. The van der Waals surface area contributed by atoms with E-state index in [4.69, 9.17) is 14.2 Å². The van der Waals surface area contributed by atoms with E-state index >= 15 is 4.39 Å². The number of ether oxygens (including phenoxy) is 3. The number of hydrogen-bond donors (Lipinski definition) is 1. The van der Waals surface area contributed by atoms with Gasteiger partial charge in [0.25, 0.3) is 0 Å². The van der Waals surface area contributed by atoms with Gasteiger partial charge < -0.3 is 19.5 Å². The van der Waals surface area contributed by atoms with Crippen molar-refractivity contribution in [2.24, 2.45) is 5.92 Å². The summed E-state index contributed by atoms with van der Waals surface area (Å²) >= 11 is 1.65. The highest BCUT2D eigenvalue weighted by Crippen LogP contribution is 2.51. The van der Waals surface area contributed by atoms with Crippen LogP contribution in [0.3, 0.4) is 0 Å². The fourth-order valence-electron chi connectivity index (χ4n) is 3.81. The molecule has 2 heterocycles. The van der Waals surface area contributed by atoms with Crippen LogP contribution in [0, 0.1) is 11.7 Å². The Balaban J connectivity index is 1.52. The van der Waals surface area contributed by atoms with Crippen LogP contribution in [-0.4, -0.2) is 30.8 Å². The molecule has 8 heteroatoms. The van der Waals surface area contributed by atoms with Gasteiger partial charge in [-0.05, 0) is 43.4 Å². The van der Waals surface area contributed by atoms with E-state index in [2.05, 4.69) is 5.32 Å². The van der Waals surface area contributed by atoms with Gasteiger partial charge in [-0.2, -0.15) is 16.2 Å². The molecular weight excluding hydrogens is 433 g/mol. The molecule has 2 aliphatic heterocycles. The quantitative estimate of drug-likeness (QED) is 0.395. The lowest BCUT2D eigenvalue weighted by Gasteiger charge is -2.21. The third-order valence-corrected chi connectivity index (χ3v) is 6.85. The SMILES string of the molecule is O=C1/C=C\C(=O)Oc2c(F)c(cc3c2C(SCCNCC2CC2)Cc2ccccc2O3)O1. The molecule has 0 amide bonds. The van der Waals surface area contributed by atoms with E-state index in [1.165, 1.54) is 18.9 Å². The number of carbonyl (C=O) groups excluding carboxylic acids is 2. The first-order chi connectivity index (χ1) is 15.6. The molecule has 1 atom stereocenters. The summed E-state index contributed by atoms with van der Waals surface area (Å²) in [6, 6.07) is 8.95. The highest BCUT2D eigenvalue weighted by atomic mass is 32.2. The summed E-state index contributed by atoms with van der Waals surface area (Å²) in [5.41, 5.74) is 1.42. The normalized spacial score (nSPS) is 20.3. The number of para-hydroxylation sites is 1. The molecule has 166 valence electrons. The second kappa shape index (κ2) is 8.96. The van der Waals surface area contributed by atoms with Crippen molar-refractivity contribution in [2.45, 2.75) is 24.5 Å². The first-order valence-electron chi connectivity index (χ1n) is 10.6. The van der Waals surface area contributed by atoms with Crippen LogP contribution in [0.15, 0.2) is 42.5 Å². The Bertz CT molecular complexity index is 1100. The van der Waals surface area contributed by atoms with Crippen LogP contribution in [0.2, 0.25) is 0 Å². The lowest BCUT2D eigenvalue weighted by atomic mass is 10.0. The fraction of sp³-hybridized carbons (Fsp3) is 0.333. The predicted molar refractivity (Wildman–Crippen MR) is 118 cm³/mol. The van der Waals surface area contributed by atoms with Crippen LogP contribution in [0.5, 0.6) is 23.0 Å². The first-order valence-corrected chi connectivity index (χ1v) is 11.7. The number of rotatable bonds is 6. The summed E-state index contributed by atoms with van der Waals surface area (Å²) in [6.45, 7) is 1.85. The minimum Gasteiger partial charge on any atom is -0.456 e. The summed E-state index contributed by atoms with van der Waals surface area (Å²) < 4.78 is 31.9. The fourth-order valence-corrected chi connectivity index (χ4v) is 5.05. The minimum absolute atomic E-state index is 0.219. The van der Waals surface area contributed by atoms with Crippen LogP contribution in [0.1, 0.15) is 29.2 Å². The Morgan fingerprint density at radius 1 is 1.00 bits per heavy atom. The maximum atomic E-state index is 15.3. The highest BCUT2D eigenvalue weighted by Gasteiger charge is 2.33. The Hall–Kier alpha value is -2.84. The average Bonchev–Trinajstić information content (AvgIpc) is 3.60. The van der Waals surface area contributed by atoms with Crippen molar-refractivity contribution < 1.29 is 28.2 Å². The molecule has 0 aromatic heterocycles. The third-order valence-electron chi connectivity index (χ3n) is 5.60. The Labute approximate surface area is 189 Å². The zero-order valence-electron chi connectivity index (χ0n) is 17.3. The lowest BCUT2D eigenvalue weighted by molar-refractivity contribution is -0.131. The van der Waals surface area contributed by atoms with Crippen molar-refractivity contribution in [1.29, 1.82) is 0 Å². The van der Waals surface area contributed by atoms with E-state index in [9.17, 15) is 9.59 Å². The molecular formula is C24H22FNO5S. The first kappa shape index (κ1) is 21.0. The molecule has 2 bridgehead atoms. The number of carbonyl (C=O) groups is 2. The molecule has 2 aromatic carbocycles. The van der Waals surface area contributed by atoms with Crippen molar-refractivity contribution >= 4 is 23.7 Å². The maximum absolute atomic E-state index is 15.3. The van der Waals surface area contributed by atoms with Crippen molar-refractivity contribution in [1.82, 2.24) is 5.32 Å². The van der Waals surface area contributed by atoms with E-state index in [0.717, 1.165) is 42.5 Å². The molecule has 1 unspecified atom stereocenters. The van der Waals surface area contributed by atoms with Crippen molar-refractivity contribution in [3.05, 3.63) is 59.4 Å². The van der Waals surface area contributed by atoms with E-state index in [1.54, 1.807) is 11.8 Å². The van der Waals surface area contributed by atoms with Gasteiger partial charge in [0.2, 0.25) is 5.82 Å². The van der Waals surface area contributed by atoms with Crippen molar-refractivity contribution in [2.75, 3.05) is 18.8 Å². The Morgan fingerprint density at radius 2 is 1.78 bits per heavy atom. The Morgan fingerprint density at radius 3 is 2.59 bits per heavy atom. The monoisotopic (exact) mass is 455 g/mol. The number of halogens is 1. The molecule has 0 saturated heterocycles.